The topological polar surface area (TPSA) is 15.3 Å². The van der Waals surface area contributed by atoms with Crippen molar-refractivity contribution in [3.63, 3.8) is 0 Å². The van der Waals surface area contributed by atoms with Crippen molar-refractivity contribution in [2.75, 3.05) is 18.4 Å². The number of hydrogen-bond donors (Lipinski definition) is 1. The first-order valence-corrected chi connectivity index (χ1v) is 12.8. The predicted molar refractivity (Wildman–Crippen MR) is 135 cm³/mol. The summed E-state index contributed by atoms with van der Waals surface area (Å²) >= 11 is 19.0. The van der Waals surface area contributed by atoms with Gasteiger partial charge in [0.05, 0.1) is 16.8 Å². The molecule has 0 radical (unpaired) electrons. The van der Waals surface area contributed by atoms with E-state index < -0.39 is 0 Å². The summed E-state index contributed by atoms with van der Waals surface area (Å²) in [4.78, 5) is 2.76. The summed E-state index contributed by atoms with van der Waals surface area (Å²) in [5.41, 5.74) is 3.38. The molecule has 1 aliphatic heterocycles. The molecule has 4 rings (SSSR count). The number of hydrogen-bond acceptors (Lipinski definition) is 2. The van der Waals surface area contributed by atoms with Crippen LogP contribution in [-0.2, 0) is 0 Å². The second kappa shape index (κ2) is 10.3. The number of nitrogens with zero attached hydrogens (tertiary/aromatic N) is 1. The van der Waals surface area contributed by atoms with Crippen LogP contribution in [0.15, 0.2) is 36.4 Å². The van der Waals surface area contributed by atoms with Gasteiger partial charge in [0.25, 0.3) is 0 Å². The Hall–Kier alpha value is -0.930. The Kier molecular flexibility index (Phi) is 7.75. The van der Waals surface area contributed by atoms with Crippen LogP contribution in [0.25, 0.3) is 0 Å². The Morgan fingerprint density at radius 3 is 2.42 bits per heavy atom. The van der Waals surface area contributed by atoms with Crippen LogP contribution in [0, 0.1) is 5.92 Å². The smallest absolute Gasteiger partial charge is 0.0637 e. The molecule has 0 aromatic heterocycles. The lowest BCUT2D eigenvalue weighted by molar-refractivity contribution is 0.106. The third kappa shape index (κ3) is 5.71. The molecule has 2 aliphatic rings. The van der Waals surface area contributed by atoms with Crippen molar-refractivity contribution in [2.24, 2.45) is 5.92 Å². The third-order valence-corrected chi connectivity index (χ3v) is 8.11. The molecular formula is C26H33Cl3N2. The maximum Gasteiger partial charge on any atom is 0.0637 e. The van der Waals surface area contributed by atoms with Gasteiger partial charge in [-0.1, -0.05) is 66.7 Å². The van der Waals surface area contributed by atoms with Gasteiger partial charge in [0, 0.05) is 16.1 Å². The van der Waals surface area contributed by atoms with Crippen LogP contribution >= 0.6 is 34.8 Å². The molecule has 1 saturated heterocycles. The van der Waals surface area contributed by atoms with E-state index >= 15 is 0 Å². The zero-order chi connectivity index (χ0) is 22.0. The summed E-state index contributed by atoms with van der Waals surface area (Å²) in [5.74, 6) is 1.49. The molecule has 0 spiro atoms. The van der Waals surface area contributed by atoms with E-state index in [9.17, 15) is 0 Å². The lowest BCUT2D eigenvalue weighted by atomic mass is 9.83. The van der Waals surface area contributed by atoms with E-state index in [1.807, 2.05) is 18.2 Å². The van der Waals surface area contributed by atoms with E-state index in [1.165, 1.54) is 57.2 Å². The fourth-order valence-corrected chi connectivity index (χ4v) is 6.15. The lowest BCUT2D eigenvalue weighted by Gasteiger charge is -2.41. The van der Waals surface area contributed by atoms with Gasteiger partial charge in [-0.15, -0.1) is 0 Å². The molecule has 0 bridgehead atoms. The van der Waals surface area contributed by atoms with Crippen LogP contribution in [0.5, 0.6) is 0 Å². The predicted octanol–water partition coefficient (Wildman–Crippen LogP) is 8.58. The van der Waals surface area contributed by atoms with Gasteiger partial charge in [-0.3, -0.25) is 0 Å². The van der Waals surface area contributed by atoms with E-state index in [0.29, 0.717) is 16.0 Å². The number of halogens is 3. The van der Waals surface area contributed by atoms with Crippen LogP contribution in [-0.4, -0.2) is 24.0 Å². The summed E-state index contributed by atoms with van der Waals surface area (Å²) in [5, 5.41) is 5.63. The highest BCUT2D eigenvalue weighted by Gasteiger charge is 2.29. The molecular weight excluding hydrogens is 447 g/mol. The molecule has 3 atom stereocenters. The first kappa shape index (κ1) is 23.2. The molecule has 1 saturated carbocycles. The van der Waals surface area contributed by atoms with Gasteiger partial charge in [-0.25, -0.2) is 0 Å². The molecule has 1 heterocycles. The van der Waals surface area contributed by atoms with E-state index in [-0.39, 0.29) is 6.04 Å². The molecule has 1 aliphatic carbocycles. The van der Waals surface area contributed by atoms with Crippen molar-refractivity contribution in [3.8, 4) is 0 Å². The number of nitrogens with one attached hydrogen (secondary N) is 1. The van der Waals surface area contributed by atoms with Crippen molar-refractivity contribution in [1.82, 2.24) is 4.90 Å². The molecule has 2 aromatic carbocycles. The van der Waals surface area contributed by atoms with Crippen molar-refractivity contribution in [3.05, 3.63) is 62.6 Å². The maximum absolute atomic E-state index is 6.55. The minimum atomic E-state index is 0.0349. The molecule has 2 fully saturated rings. The Morgan fingerprint density at radius 2 is 1.71 bits per heavy atom. The van der Waals surface area contributed by atoms with E-state index in [0.717, 1.165) is 28.2 Å². The minimum absolute atomic E-state index is 0.0349. The molecule has 3 unspecified atom stereocenters. The number of anilines is 1. The van der Waals surface area contributed by atoms with Crippen LogP contribution in [0.3, 0.4) is 0 Å². The molecule has 168 valence electrons. The van der Waals surface area contributed by atoms with Crippen molar-refractivity contribution >= 4 is 40.5 Å². The highest BCUT2D eigenvalue weighted by atomic mass is 35.5. The summed E-state index contributed by atoms with van der Waals surface area (Å²) < 4.78 is 0. The van der Waals surface area contributed by atoms with Gasteiger partial charge in [0.15, 0.2) is 0 Å². The average Bonchev–Trinajstić information content (AvgIpc) is 2.75. The van der Waals surface area contributed by atoms with Gasteiger partial charge >= 0.3 is 0 Å². The number of rotatable bonds is 5. The van der Waals surface area contributed by atoms with Gasteiger partial charge in [0.2, 0.25) is 0 Å². The zero-order valence-corrected chi connectivity index (χ0v) is 20.8. The van der Waals surface area contributed by atoms with E-state index in [2.05, 4.69) is 36.2 Å². The van der Waals surface area contributed by atoms with Gasteiger partial charge in [0.1, 0.15) is 0 Å². The zero-order valence-electron chi connectivity index (χ0n) is 18.5. The Bertz CT molecular complexity index is 892. The molecule has 2 aromatic rings. The quantitative estimate of drug-likeness (QED) is 0.462. The molecule has 5 heteroatoms. The first-order valence-electron chi connectivity index (χ1n) is 11.7. The third-order valence-electron chi connectivity index (χ3n) is 7.22. The fraction of sp³-hybridized carbons (Fsp3) is 0.538. The number of piperidine rings is 1. The van der Waals surface area contributed by atoms with Crippen LogP contribution in [0.1, 0.15) is 75.5 Å². The second-order valence-electron chi connectivity index (χ2n) is 9.51. The normalized spacial score (nSPS) is 24.2. The van der Waals surface area contributed by atoms with Crippen molar-refractivity contribution < 1.29 is 0 Å². The minimum Gasteiger partial charge on any atom is -0.377 e. The average molecular weight is 480 g/mol. The summed E-state index contributed by atoms with van der Waals surface area (Å²) in [6, 6.07) is 13.0. The second-order valence-corrected chi connectivity index (χ2v) is 10.8. The fourth-order valence-electron chi connectivity index (χ4n) is 5.40. The highest BCUT2D eigenvalue weighted by molar-refractivity contribution is 6.35. The largest absolute Gasteiger partial charge is 0.377 e. The van der Waals surface area contributed by atoms with E-state index in [1.54, 1.807) is 6.07 Å². The summed E-state index contributed by atoms with van der Waals surface area (Å²) in [6.07, 6.45) is 8.02. The van der Waals surface area contributed by atoms with Crippen molar-refractivity contribution in [1.29, 1.82) is 0 Å². The van der Waals surface area contributed by atoms with E-state index in [4.69, 9.17) is 34.8 Å². The Balaban J connectivity index is 1.41. The Morgan fingerprint density at radius 1 is 0.935 bits per heavy atom. The van der Waals surface area contributed by atoms with Crippen LogP contribution in [0.4, 0.5) is 5.69 Å². The van der Waals surface area contributed by atoms with Gasteiger partial charge in [-0.2, -0.15) is 0 Å². The first-order chi connectivity index (χ1) is 14.9. The van der Waals surface area contributed by atoms with Crippen LogP contribution in [0.2, 0.25) is 15.1 Å². The highest BCUT2D eigenvalue weighted by Crippen LogP contribution is 2.37. The number of likely N-dealkylation sites (tertiary alicyclic amines) is 1. The van der Waals surface area contributed by atoms with Crippen LogP contribution < -0.4 is 5.32 Å². The number of benzene rings is 2. The van der Waals surface area contributed by atoms with Gasteiger partial charge < -0.3 is 10.2 Å². The lowest BCUT2D eigenvalue weighted by Crippen LogP contribution is -2.43. The summed E-state index contributed by atoms with van der Waals surface area (Å²) in [7, 11) is 0. The molecule has 1 N–H and O–H groups in total. The maximum atomic E-state index is 6.55. The SMILES string of the molecule is CC1CCCC(N2CCC(c3ccc(Cl)c(NC(C)c4ccc(Cl)cc4Cl)c3)CC2)C1. The van der Waals surface area contributed by atoms with Crippen molar-refractivity contribution in [2.45, 2.75) is 70.4 Å². The molecule has 2 nitrogen and oxygen atoms in total. The standard InChI is InChI=1S/C26H33Cl3N2/c1-17-4-3-5-22(14-17)31-12-10-19(11-13-31)20-6-9-24(28)26(15-20)30-18(2)23-8-7-21(27)16-25(23)29/h6-9,15-19,22,30H,3-5,10-14H2,1-2H3. The molecule has 31 heavy (non-hydrogen) atoms. The monoisotopic (exact) mass is 478 g/mol. The molecule has 0 amide bonds. The summed E-state index contributed by atoms with van der Waals surface area (Å²) in [6.45, 7) is 6.94. The Labute approximate surface area is 202 Å². The van der Waals surface area contributed by atoms with Gasteiger partial charge in [-0.05, 0) is 92.9 Å².